The molecule has 2 saturated heterocycles. The maximum atomic E-state index is 3.43. The fourth-order valence-electron chi connectivity index (χ4n) is 3.31. The van der Waals surface area contributed by atoms with Crippen molar-refractivity contribution in [1.82, 2.24) is 15.1 Å². The Hall–Kier alpha value is -0.120. The van der Waals surface area contributed by atoms with Crippen molar-refractivity contribution in [3.8, 4) is 0 Å². The number of piperidine rings is 2. The van der Waals surface area contributed by atoms with Gasteiger partial charge in [-0.1, -0.05) is 6.42 Å². The largest absolute Gasteiger partial charge is 0.316 e. The first-order valence-electron chi connectivity index (χ1n) is 7.43. The molecule has 0 bridgehead atoms. The van der Waals surface area contributed by atoms with Crippen LogP contribution in [0.3, 0.4) is 0 Å². The van der Waals surface area contributed by atoms with Gasteiger partial charge in [0.25, 0.3) is 0 Å². The lowest BCUT2D eigenvalue weighted by Gasteiger charge is -2.38. The van der Waals surface area contributed by atoms with Gasteiger partial charge < -0.3 is 10.2 Å². The van der Waals surface area contributed by atoms with Gasteiger partial charge in [-0.25, -0.2) is 0 Å². The third kappa shape index (κ3) is 3.94. The van der Waals surface area contributed by atoms with E-state index in [0.29, 0.717) is 0 Å². The molecule has 2 fully saturated rings. The molecule has 0 aromatic carbocycles. The quantitative estimate of drug-likeness (QED) is 0.803. The number of hydrogen-bond acceptors (Lipinski definition) is 3. The predicted molar refractivity (Wildman–Crippen MR) is 73.4 cm³/mol. The van der Waals surface area contributed by atoms with E-state index in [-0.39, 0.29) is 0 Å². The summed E-state index contributed by atoms with van der Waals surface area (Å²) in [7, 11) is 2.10. The minimum Gasteiger partial charge on any atom is -0.316 e. The fraction of sp³-hybridized carbons (Fsp3) is 1.00. The molecule has 0 spiro atoms. The van der Waals surface area contributed by atoms with Gasteiger partial charge in [-0.15, -0.1) is 0 Å². The first-order chi connectivity index (χ1) is 8.29. The highest BCUT2D eigenvalue weighted by Gasteiger charge is 2.23. The Kier molecular flexibility index (Phi) is 5.26. The molecule has 2 atom stereocenters. The Balaban J connectivity index is 1.74. The summed E-state index contributed by atoms with van der Waals surface area (Å²) in [6.07, 6.45) is 6.96. The Morgan fingerprint density at radius 2 is 1.88 bits per heavy atom. The Labute approximate surface area is 107 Å². The molecular formula is C14H29N3. The monoisotopic (exact) mass is 239 g/mol. The number of nitrogens with one attached hydrogen (secondary N) is 1. The van der Waals surface area contributed by atoms with Gasteiger partial charge in [0, 0.05) is 25.2 Å². The number of likely N-dealkylation sites (N-methyl/N-ethyl adjacent to an activating group) is 1. The molecule has 3 nitrogen and oxygen atoms in total. The molecule has 0 radical (unpaired) electrons. The van der Waals surface area contributed by atoms with E-state index in [2.05, 4.69) is 29.1 Å². The van der Waals surface area contributed by atoms with Crippen LogP contribution in [0.4, 0.5) is 0 Å². The highest BCUT2D eigenvalue weighted by molar-refractivity contribution is 4.81. The molecule has 17 heavy (non-hydrogen) atoms. The predicted octanol–water partition coefficient (Wildman–Crippen LogP) is 1.54. The molecule has 1 N–H and O–H groups in total. The topological polar surface area (TPSA) is 18.5 Å². The van der Waals surface area contributed by atoms with Gasteiger partial charge in [-0.05, 0) is 59.3 Å². The average Bonchev–Trinajstić information content (AvgIpc) is 2.40. The molecule has 2 heterocycles. The van der Waals surface area contributed by atoms with Crippen molar-refractivity contribution in [3.63, 3.8) is 0 Å². The fourth-order valence-corrected chi connectivity index (χ4v) is 3.31. The molecule has 100 valence electrons. The normalized spacial score (nSPS) is 30.4. The molecule has 0 saturated carbocycles. The summed E-state index contributed by atoms with van der Waals surface area (Å²) in [6.45, 7) is 8.87. The summed E-state index contributed by atoms with van der Waals surface area (Å²) in [5.41, 5.74) is 0. The van der Waals surface area contributed by atoms with Gasteiger partial charge in [-0.3, -0.25) is 4.90 Å². The second-order valence-electron chi connectivity index (χ2n) is 5.83. The summed E-state index contributed by atoms with van der Waals surface area (Å²) in [4.78, 5) is 5.34. The molecule has 3 heteroatoms. The molecule has 2 aliphatic heterocycles. The van der Waals surface area contributed by atoms with Gasteiger partial charge in [0.1, 0.15) is 0 Å². The molecule has 2 rings (SSSR count). The van der Waals surface area contributed by atoms with E-state index in [1.54, 1.807) is 0 Å². The lowest BCUT2D eigenvalue weighted by atomic mass is 10.0. The third-order valence-corrected chi connectivity index (χ3v) is 4.45. The summed E-state index contributed by atoms with van der Waals surface area (Å²) in [5, 5.41) is 3.43. The summed E-state index contributed by atoms with van der Waals surface area (Å²) in [5.74, 6) is 0. The smallest absolute Gasteiger partial charge is 0.0194 e. The third-order valence-electron chi connectivity index (χ3n) is 4.45. The van der Waals surface area contributed by atoms with Crippen LogP contribution in [0.15, 0.2) is 0 Å². The Bertz CT molecular complexity index is 214. The van der Waals surface area contributed by atoms with Crippen molar-refractivity contribution in [3.05, 3.63) is 0 Å². The first kappa shape index (κ1) is 13.3. The number of hydrogen-bond donors (Lipinski definition) is 1. The zero-order valence-electron chi connectivity index (χ0n) is 11.6. The minimum absolute atomic E-state index is 0.720. The summed E-state index contributed by atoms with van der Waals surface area (Å²) in [6, 6.07) is 1.46. The van der Waals surface area contributed by atoms with Crippen LogP contribution in [-0.2, 0) is 0 Å². The van der Waals surface area contributed by atoms with Crippen molar-refractivity contribution >= 4 is 0 Å². The first-order valence-corrected chi connectivity index (χ1v) is 7.43. The van der Waals surface area contributed by atoms with Crippen LogP contribution < -0.4 is 5.32 Å². The van der Waals surface area contributed by atoms with Crippen molar-refractivity contribution in [2.75, 3.05) is 39.8 Å². The van der Waals surface area contributed by atoms with Crippen molar-refractivity contribution in [2.24, 2.45) is 0 Å². The van der Waals surface area contributed by atoms with E-state index >= 15 is 0 Å². The molecule has 0 aromatic heterocycles. The molecule has 0 aromatic rings. The van der Waals surface area contributed by atoms with E-state index in [1.807, 2.05) is 0 Å². The Morgan fingerprint density at radius 1 is 1.12 bits per heavy atom. The summed E-state index contributed by atoms with van der Waals surface area (Å²) >= 11 is 0. The molecular weight excluding hydrogens is 210 g/mol. The molecule has 0 aliphatic carbocycles. The molecule has 0 amide bonds. The number of likely N-dealkylation sites (tertiary alicyclic amines) is 2. The van der Waals surface area contributed by atoms with Gasteiger partial charge >= 0.3 is 0 Å². The maximum Gasteiger partial charge on any atom is 0.0194 e. The molecule has 2 aliphatic rings. The van der Waals surface area contributed by atoms with Crippen LogP contribution in [0.1, 0.15) is 39.0 Å². The standard InChI is InChI=1S/C14H29N3/c1-13(17-9-4-3-5-10-17)11-16-8-6-7-14(12-16)15-2/h13-15H,3-12H2,1-2H3. The van der Waals surface area contributed by atoms with E-state index < -0.39 is 0 Å². The van der Waals surface area contributed by atoms with E-state index in [9.17, 15) is 0 Å². The van der Waals surface area contributed by atoms with E-state index in [0.717, 1.165) is 12.1 Å². The zero-order chi connectivity index (χ0) is 12.1. The average molecular weight is 239 g/mol. The van der Waals surface area contributed by atoms with E-state index in [4.69, 9.17) is 0 Å². The maximum absolute atomic E-state index is 3.43. The van der Waals surface area contributed by atoms with Crippen molar-refractivity contribution in [1.29, 1.82) is 0 Å². The molecule has 2 unspecified atom stereocenters. The van der Waals surface area contributed by atoms with Crippen molar-refractivity contribution in [2.45, 2.75) is 51.1 Å². The van der Waals surface area contributed by atoms with Crippen LogP contribution in [0.25, 0.3) is 0 Å². The lowest BCUT2D eigenvalue weighted by Crippen LogP contribution is -2.50. The van der Waals surface area contributed by atoms with Crippen LogP contribution in [0.2, 0.25) is 0 Å². The van der Waals surface area contributed by atoms with Crippen molar-refractivity contribution < 1.29 is 0 Å². The van der Waals surface area contributed by atoms with Crippen LogP contribution in [-0.4, -0.2) is 61.7 Å². The Morgan fingerprint density at radius 3 is 2.59 bits per heavy atom. The van der Waals surface area contributed by atoms with Crippen LogP contribution >= 0.6 is 0 Å². The minimum atomic E-state index is 0.720. The van der Waals surface area contributed by atoms with Crippen LogP contribution in [0.5, 0.6) is 0 Å². The highest BCUT2D eigenvalue weighted by atomic mass is 15.2. The highest BCUT2D eigenvalue weighted by Crippen LogP contribution is 2.15. The SMILES string of the molecule is CNC1CCCN(CC(C)N2CCCCC2)C1. The van der Waals surface area contributed by atoms with Gasteiger partial charge in [-0.2, -0.15) is 0 Å². The second-order valence-corrected chi connectivity index (χ2v) is 5.83. The van der Waals surface area contributed by atoms with Gasteiger partial charge in [0.15, 0.2) is 0 Å². The zero-order valence-corrected chi connectivity index (χ0v) is 11.6. The van der Waals surface area contributed by atoms with Crippen LogP contribution in [0, 0.1) is 0 Å². The van der Waals surface area contributed by atoms with Gasteiger partial charge in [0.2, 0.25) is 0 Å². The second kappa shape index (κ2) is 6.72. The lowest BCUT2D eigenvalue weighted by molar-refractivity contribution is 0.109. The number of rotatable bonds is 4. The van der Waals surface area contributed by atoms with E-state index in [1.165, 1.54) is 64.8 Å². The summed E-state index contributed by atoms with van der Waals surface area (Å²) < 4.78 is 0. The number of nitrogens with zero attached hydrogens (tertiary/aromatic N) is 2. The van der Waals surface area contributed by atoms with Gasteiger partial charge in [0.05, 0.1) is 0 Å².